The normalized spacial score (nSPS) is 12.6. The fraction of sp³-hybridized carbons (Fsp3) is 0.500. The molecule has 0 spiro atoms. The van der Waals surface area contributed by atoms with Gasteiger partial charge in [-0.05, 0) is 36.4 Å². The first-order valence-electron chi connectivity index (χ1n) is 10.4. The minimum atomic E-state index is 0.720. The smallest absolute Gasteiger partial charge is 0.135 e. The number of fused-ring (bicyclic) bond motifs is 3. The molecule has 0 fully saturated rings. The number of hydrogen-bond donors (Lipinski definition) is 0. The van der Waals surface area contributed by atoms with Gasteiger partial charge in [-0.15, -0.1) is 0 Å². The Morgan fingerprint density at radius 1 is 0.655 bits per heavy atom. The van der Waals surface area contributed by atoms with Crippen molar-refractivity contribution >= 4 is 21.9 Å². The lowest BCUT2D eigenvalue weighted by Crippen LogP contribution is -2.36. The molecule has 2 aromatic carbocycles. The molecule has 1 aromatic heterocycles. The number of hydrogen-bond acceptors (Lipinski definition) is 3. The number of quaternary nitrogens is 2. The highest BCUT2D eigenvalue weighted by atomic mass is 16.5. The highest BCUT2D eigenvalue weighted by molar-refractivity contribution is 6.05. The molecule has 0 amide bonds. The molecule has 3 rings (SSSR count). The van der Waals surface area contributed by atoms with Gasteiger partial charge in [0.05, 0.1) is 68.6 Å². The maximum Gasteiger partial charge on any atom is 0.135 e. The molecular weight excluding hydrogens is 364 g/mol. The van der Waals surface area contributed by atoms with E-state index in [-0.39, 0.29) is 0 Å². The first-order valence-corrected chi connectivity index (χ1v) is 10.4. The van der Waals surface area contributed by atoms with E-state index in [0.29, 0.717) is 0 Å². The van der Waals surface area contributed by atoms with Crippen molar-refractivity contribution in [1.29, 1.82) is 0 Å². The summed E-state index contributed by atoms with van der Waals surface area (Å²) in [6, 6.07) is 12.1. The van der Waals surface area contributed by atoms with Gasteiger partial charge in [0, 0.05) is 23.6 Å². The van der Waals surface area contributed by atoms with Gasteiger partial charge in [0.1, 0.15) is 22.7 Å². The molecule has 5 heteroatoms. The van der Waals surface area contributed by atoms with Gasteiger partial charge in [-0.2, -0.15) is 0 Å². The van der Waals surface area contributed by atoms with Crippen molar-refractivity contribution in [3.05, 3.63) is 36.4 Å². The number of benzene rings is 2. The van der Waals surface area contributed by atoms with E-state index in [1.807, 2.05) is 24.3 Å². The Kier molecular flexibility index (Phi) is 6.39. The molecule has 0 saturated heterocycles. The summed E-state index contributed by atoms with van der Waals surface area (Å²) in [7, 11) is 13.2. The molecule has 0 atom stereocenters. The van der Waals surface area contributed by atoms with Crippen molar-refractivity contribution in [2.75, 3.05) is 68.6 Å². The molecule has 3 aromatic rings. The second kappa shape index (κ2) is 8.64. The summed E-state index contributed by atoms with van der Waals surface area (Å²) in [6.07, 6.45) is 2.05. The van der Waals surface area contributed by atoms with Crippen LogP contribution in [0.3, 0.4) is 0 Å². The fourth-order valence-electron chi connectivity index (χ4n) is 3.37. The van der Waals surface area contributed by atoms with Crippen LogP contribution in [0.25, 0.3) is 21.9 Å². The molecule has 0 aliphatic heterocycles. The van der Waals surface area contributed by atoms with E-state index >= 15 is 0 Å². The average molecular weight is 401 g/mol. The van der Waals surface area contributed by atoms with E-state index in [9.17, 15) is 0 Å². The summed E-state index contributed by atoms with van der Waals surface area (Å²) in [5.41, 5.74) is 1.75. The van der Waals surface area contributed by atoms with Crippen molar-refractivity contribution < 1.29 is 22.9 Å². The Balaban J connectivity index is 1.68. The summed E-state index contributed by atoms with van der Waals surface area (Å²) < 4.78 is 19.9. The fourth-order valence-corrected chi connectivity index (χ4v) is 3.37. The Morgan fingerprint density at radius 2 is 1.07 bits per heavy atom. The molecule has 158 valence electrons. The summed E-state index contributed by atoms with van der Waals surface area (Å²) in [4.78, 5) is 0. The minimum absolute atomic E-state index is 0.720. The molecule has 0 radical (unpaired) electrons. The van der Waals surface area contributed by atoms with Gasteiger partial charge in [-0.25, -0.2) is 0 Å². The Labute approximate surface area is 174 Å². The van der Waals surface area contributed by atoms with E-state index in [1.165, 1.54) is 0 Å². The van der Waals surface area contributed by atoms with Gasteiger partial charge in [0.2, 0.25) is 0 Å². The van der Waals surface area contributed by atoms with Crippen molar-refractivity contribution in [1.82, 2.24) is 0 Å². The minimum Gasteiger partial charge on any atom is -0.493 e. The van der Waals surface area contributed by atoms with E-state index in [2.05, 4.69) is 54.4 Å². The molecule has 0 saturated carbocycles. The van der Waals surface area contributed by atoms with Crippen molar-refractivity contribution in [3.63, 3.8) is 0 Å². The predicted octanol–water partition coefficient (Wildman–Crippen LogP) is 4.54. The number of nitrogens with zero attached hydrogens (tertiary/aromatic N) is 2. The third-order valence-electron chi connectivity index (χ3n) is 4.90. The van der Waals surface area contributed by atoms with Crippen LogP contribution in [0.4, 0.5) is 0 Å². The third kappa shape index (κ3) is 6.38. The summed E-state index contributed by atoms with van der Waals surface area (Å²) in [6.45, 7) is 3.62. The van der Waals surface area contributed by atoms with Crippen LogP contribution in [0.5, 0.6) is 11.5 Å². The lowest BCUT2D eigenvalue weighted by atomic mass is 10.1. The van der Waals surface area contributed by atoms with Crippen LogP contribution in [-0.2, 0) is 0 Å². The highest BCUT2D eigenvalue weighted by Crippen LogP contribution is 2.33. The van der Waals surface area contributed by atoms with Crippen molar-refractivity contribution in [3.8, 4) is 11.5 Å². The monoisotopic (exact) mass is 400 g/mol. The Hall–Kier alpha value is -2.24. The lowest BCUT2D eigenvalue weighted by molar-refractivity contribution is -0.870. The SMILES string of the molecule is C[N+](C)(C)CCCOc1ccc2oc3ccc(OCCC[N+](C)(C)C)cc3c2c1. The van der Waals surface area contributed by atoms with E-state index in [1.54, 1.807) is 0 Å². The second-order valence-corrected chi connectivity index (χ2v) is 9.85. The predicted molar refractivity (Wildman–Crippen MR) is 120 cm³/mol. The zero-order valence-corrected chi connectivity index (χ0v) is 18.8. The molecular formula is C24H36N2O3+2. The number of ether oxygens (including phenoxy) is 2. The zero-order chi connectivity index (χ0) is 21.1. The molecule has 0 aliphatic rings. The summed E-state index contributed by atoms with van der Waals surface area (Å²) in [5.74, 6) is 1.77. The van der Waals surface area contributed by atoms with Crippen LogP contribution in [0.1, 0.15) is 12.8 Å². The maximum absolute atomic E-state index is 5.99. The van der Waals surface area contributed by atoms with E-state index < -0.39 is 0 Å². The molecule has 0 unspecified atom stereocenters. The number of furan rings is 1. The lowest BCUT2D eigenvalue weighted by Gasteiger charge is -2.23. The van der Waals surface area contributed by atoms with Crippen molar-refractivity contribution in [2.45, 2.75) is 12.8 Å². The molecule has 0 bridgehead atoms. The quantitative estimate of drug-likeness (QED) is 0.370. The van der Waals surface area contributed by atoms with Gasteiger partial charge in [-0.1, -0.05) is 0 Å². The maximum atomic E-state index is 5.99. The van der Waals surface area contributed by atoms with Gasteiger partial charge >= 0.3 is 0 Å². The molecule has 0 N–H and O–H groups in total. The van der Waals surface area contributed by atoms with Gasteiger partial charge in [-0.3, -0.25) is 0 Å². The van der Waals surface area contributed by atoms with E-state index in [0.717, 1.165) is 81.5 Å². The van der Waals surface area contributed by atoms with Crippen LogP contribution in [-0.4, -0.2) is 77.6 Å². The molecule has 5 nitrogen and oxygen atoms in total. The van der Waals surface area contributed by atoms with Gasteiger partial charge in [0.15, 0.2) is 0 Å². The largest absolute Gasteiger partial charge is 0.493 e. The highest BCUT2D eigenvalue weighted by Gasteiger charge is 2.11. The van der Waals surface area contributed by atoms with Gasteiger partial charge < -0.3 is 22.9 Å². The van der Waals surface area contributed by atoms with Crippen LogP contribution in [0.2, 0.25) is 0 Å². The standard InChI is InChI=1S/C24H36N2O3/c1-25(2,3)13-7-15-27-19-9-11-23-21(17-19)22-18-20(10-12-24(22)29-23)28-16-8-14-26(4,5)6/h9-12,17-18H,7-8,13-16H2,1-6H3/q+2. The van der Waals surface area contributed by atoms with E-state index in [4.69, 9.17) is 13.9 Å². The number of rotatable bonds is 10. The van der Waals surface area contributed by atoms with Crippen LogP contribution in [0.15, 0.2) is 40.8 Å². The third-order valence-corrected chi connectivity index (χ3v) is 4.90. The molecule has 29 heavy (non-hydrogen) atoms. The Bertz CT molecular complexity index is 872. The van der Waals surface area contributed by atoms with Crippen molar-refractivity contribution in [2.24, 2.45) is 0 Å². The van der Waals surface area contributed by atoms with Gasteiger partial charge in [0.25, 0.3) is 0 Å². The average Bonchev–Trinajstić information content (AvgIpc) is 2.98. The Morgan fingerprint density at radius 3 is 1.45 bits per heavy atom. The molecule has 0 aliphatic carbocycles. The summed E-state index contributed by atoms with van der Waals surface area (Å²) in [5, 5.41) is 2.14. The summed E-state index contributed by atoms with van der Waals surface area (Å²) >= 11 is 0. The van der Waals surface area contributed by atoms with Crippen LogP contribution in [0, 0.1) is 0 Å². The zero-order valence-electron chi connectivity index (χ0n) is 18.8. The van der Waals surface area contributed by atoms with Crippen LogP contribution >= 0.6 is 0 Å². The van der Waals surface area contributed by atoms with Crippen LogP contribution < -0.4 is 9.47 Å². The topological polar surface area (TPSA) is 31.6 Å². The second-order valence-electron chi connectivity index (χ2n) is 9.85. The first-order chi connectivity index (χ1) is 13.6. The first kappa shape index (κ1) is 21.5. The molecule has 1 heterocycles.